The minimum atomic E-state index is -0.816. The Labute approximate surface area is 266 Å². The molecular formula is C38H70O5. The fraction of sp³-hybridized carbons (Fsp3) is 0.842. The number of carbonyl (C=O) groups excluding carboxylic acids is 2. The van der Waals surface area contributed by atoms with Gasteiger partial charge in [0.1, 0.15) is 6.61 Å². The normalized spacial score (nSPS) is 12.3. The van der Waals surface area contributed by atoms with Crippen LogP contribution in [0.15, 0.2) is 24.3 Å². The van der Waals surface area contributed by atoms with Crippen molar-refractivity contribution < 1.29 is 24.2 Å². The molecule has 252 valence electrons. The second kappa shape index (κ2) is 34.9. The molecule has 0 rings (SSSR count). The third-order valence-electron chi connectivity index (χ3n) is 7.98. The fourth-order valence-corrected chi connectivity index (χ4v) is 5.12. The zero-order valence-corrected chi connectivity index (χ0v) is 28.5. The zero-order valence-electron chi connectivity index (χ0n) is 28.5. The van der Waals surface area contributed by atoms with Gasteiger partial charge in [0.25, 0.3) is 0 Å². The number of esters is 2. The molecule has 0 bridgehead atoms. The van der Waals surface area contributed by atoms with Crippen LogP contribution in [-0.4, -0.2) is 36.4 Å². The molecule has 0 aliphatic heterocycles. The van der Waals surface area contributed by atoms with Crippen LogP contribution < -0.4 is 0 Å². The molecule has 0 aliphatic carbocycles. The van der Waals surface area contributed by atoms with Crippen molar-refractivity contribution in [1.29, 1.82) is 0 Å². The van der Waals surface area contributed by atoms with Crippen molar-refractivity contribution in [3.63, 3.8) is 0 Å². The summed E-state index contributed by atoms with van der Waals surface area (Å²) in [6.45, 7) is 4.61. The second-order valence-corrected chi connectivity index (χ2v) is 12.3. The Bertz CT molecular complexity index is 657. The van der Waals surface area contributed by atoms with E-state index in [-0.39, 0.29) is 38.0 Å². The lowest BCUT2D eigenvalue weighted by Gasteiger charge is -2.11. The Kier molecular flexibility index (Phi) is 33.6. The molecule has 0 spiro atoms. The molecule has 0 aromatic rings. The average Bonchev–Trinajstić information content (AvgIpc) is 3.00. The summed E-state index contributed by atoms with van der Waals surface area (Å²) >= 11 is 0. The number of aliphatic hydroxyl groups excluding tert-OH is 1. The van der Waals surface area contributed by atoms with Crippen molar-refractivity contribution in [1.82, 2.24) is 0 Å². The molecule has 0 saturated heterocycles. The van der Waals surface area contributed by atoms with E-state index in [9.17, 15) is 14.7 Å². The van der Waals surface area contributed by atoms with E-state index in [1.165, 1.54) is 122 Å². The molecule has 0 fully saturated rings. The highest BCUT2D eigenvalue weighted by Crippen LogP contribution is 2.13. The van der Waals surface area contributed by atoms with Crippen LogP contribution in [-0.2, 0) is 19.1 Å². The average molecular weight is 607 g/mol. The van der Waals surface area contributed by atoms with Crippen molar-refractivity contribution in [3.8, 4) is 0 Å². The number of hydrogen-bond donors (Lipinski definition) is 1. The van der Waals surface area contributed by atoms with Crippen molar-refractivity contribution >= 4 is 11.9 Å². The highest BCUT2D eigenvalue weighted by Gasteiger charge is 2.10. The highest BCUT2D eigenvalue weighted by atomic mass is 16.5. The summed E-state index contributed by atoms with van der Waals surface area (Å²) in [7, 11) is 0. The lowest BCUT2D eigenvalue weighted by atomic mass is 10.0. The number of hydrogen-bond acceptors (Lipinski definition) is 5. The number of carbonyl (C=O) groups is 2. The first-order valence-corrected chi connectivity index (χ1v) is 18.4. The third kappa shape index (κ3) is 34.7. The third-order valence-corrected chi connectivity index (χ3v) is 7.98. The van der Waals surface area contributed by atoms with Gasteiger partial charge in [-0.05, 0) is 32.1 Å². The first-order chi connectivity index (χ1) is 21.1. The van der Waals surface area contributed by atoms with Crippen molar-refractivity contribution in [2.24, 2.45) is 0 Å². The topological polar surface area (TPSA) is 72.8 Å². The van der Waals surface area contributed by atoms with Gasteiger partial charge in [0.2, 0.25) is 0 Å². The number of rotatable bonds is 33. The molecule has 0 amide bonds. The molecule has 1 N–H and O–H groups in total. The molecule has 0 aromatic heterocycles. The van der Waals surface area contributed by atoms with Crippen molar-refractivity contribution in [3.05, 3.63) is 24.3 Å². The number of aliphatic hydroxyl groups is 1. The Morgan fingerprint density at radius 2 is 0.977 bits per heavy atom. The summed E-state index contributed by atoms with van der Waals surface area (Å²) in [5.41, 5.74) is 0. The van der Waals surface area contributed by atoms with Gasteiger partial charge in [0.05, 0.1) is 19.1 Å². The Morgan fingerprint density at radius 1 is 0.535 bits per heavy atom. The molecule has 5 heteroatoms. The van der Waals surface area contributed by atoms with E-state index in [2.05, 4.69) is 26.0 Å². The van der Waals surface area contributed by atoms with Gasteiger partial charge >= 0.3 is 11.9 Å². The zero-order chi connectivity index (χ0) is 31.5. The summed E-state index contributed by atoms with van der Waals surface area (Å²) in [6.07, 6.45) is 38.9. The first-order valence-electron chi connectivity index (χ1n) is 18.4. The molecular weight excluding hydrogens is 536 g/mol. The van der Waals surface area contributed by atoms with Gasteiger partial charge in [-0.1, -0.05) is 160 Å². The van der Waals surface area contributed by atoms with Crippen LogP contribution in [0.2, 0.25) is 0 Å². The maximum Gasteiger partial charge on any atom is 0.309 e. The predicted molar refractivity (Wildman–Crippen MR) is 182 cm³/mol. The van der Waals surface area contributed by atoms with E-state index in [0.29, 0.717) is 6.42 Å². The van der Waals surface area contributed by atoms with Crippen LogP contribution >= 0.6 is 0 Å². The Morgan fingerprint density at radius 3 is 1.51 bits per heavy atom. The van der Waals surface area contributed by atoms with E-state index in [1.54, 1.807) is 0 Å². The van der Waals surface area contributed by atoms with Gasteiger partial charge in [-0.15, -0.1) is 0 Å². The molecule has 0 saturated carbocycles. The van der Waals surface area contributed by atoms with Gasteiger partial charge in [-0.25, -0.2) is 0 Å². The smallest absolute Gasteiger partial charge is 0.309 e. The maximum atomic E-state index is 11.9. The van der Waals surface area contributed by atoms with Gasteiger partial charge in [-0.3, -0.25) is 9.59 Å². The van der Waals surface area contributed by atoms with Crippen LogP contribution in [0.25, 0.3) is 0 Å². The largest absolute Gasteiger partial charge is 0.466 e. The van der Waals surface area contributed by atoms with E-state index in [0.717, 1.165) is 32.1 Å². The van der Waals surface area contributed by atoms with E-state index < -0.39 is 6.10 Å². The fourth-order valence-electron chi connectivity index (χ4n) is 5.12. The lowest BCUT2D eigenvalue weighted by Crippen LogP contribution is -2.21. The summed E-state index contributed by atoms with van der Waals surface area (Å²) in [5, 5.41) is 10.0. The number of ether oxygens (including phenoxy) is 2. The minimum Gasteiger partial charge on any atom is -0.466 e. The summed E-state index contributed by atoms with van der Waals surface area (Å²) in [5.74, 6) is -0.555. The standard InChI is InChI=1S/C38H70O5/c1-3-5-7-9-11-13-15-17-18-20-22-24-26-28-30-32-38(41)43-35-36(39)33-34-42-37(40)31-29-27-25-23-21-19-16-14-12-10-8-6-4-2/h20,22,28,30,36,39H,3-19,21,23-27,29,31-35H2,1-2H3/b22-20+,30-28+. The Hall–Kier alpha value is -1.62. The minimum absolute atomic E-state index is 0.0649. The number of unbranched alkanes of at least 4 members (excludes halogenated alkanes) is 21. The maximum absolute atomic E-state index is 11.9. The van der Waals surface area contributed by atoms with Gasteiger partial charge < -0.3 is 14.6 Å². The second-order valence-electron chi connectivity index (χ2n) is 12.3. The molecule has 0 heterocycles. The first kappa shape index (κ1) is 41.4. The van der Waals surface area contributed by atoms with Crippen LogP contribution in [0.3, 0.4) is 0 Å². The van der Waals surface area contributed by atoms with Crippen LogP contribution in [0.4, 0.5) is 0 Å². The highest BCUT2D eigenvalue weighted by molar-refractivity contribution is 5.71. The summed E-state index contributed by atoms with van der Waals surface area (Å²) in [6, 6.07) is 0. The van der Waals surface area contributed by atoms with Crippen molar-refractivity contribution in [2.75, 3.05) is 13.2 Å². The van der Waals surface area contributed by atoms with E-state index >= 15 is 0 Å². The van der Waals surface area contributed by atoms with Crippen molar-refractivity contribution in [2.45, 2.75) is 193 Å². The molecule has 0 aliphatic rings. The predicted octanol–water partition coefficient (Wildman–Crippen LogP) is 11.1. The molecule has 1 atom stereocenters. The molecule has 5 nitrogen and oxygen atoms in total. The number of allylic oxidation sites excluding steroid dienone is 3. The SMILES string of the molecule is CCCCCCCCCC/C=C/CC/C=C/CC(=O)OCC(O)CCOC(=O)CCCCCCCCCCCCCCC. The van der Waals surface area contributed by atoms with Crippen LogP contribution in [0, 0.1) is 0 Å². The molecule has 43 heavy (non-hydrogen) atoms. The summed E-state index contributed by atoms with van der Waals surface area (Å²) in [4.78, 5) is 23.8. The lowest BCUT2D eigenvalue weighted by molar-refractivity contribution is -0.148. The van der Waals surface area contributed by atoms with E-state index in [4.69, 9.17) is 9.47 Å². The van der Waals surface area contributed by atoms with Gasteiger partial charge in [0, 0.05) is 12.8 Å². The molecule has 1 unspecified atom stereocenters. The van der Waals surface area contributed by atoms with Crippen LogP contribution in [0.5, 0.6) is 0 Å². The molecule has 0 aromatic carbocycles. The quantitative estimate of drug-likeness (QED) is 0.0457. The van der Waals surface area contributed by atoms with Gasteiger partial charge in [-0.2, -0.15) is 0 Å². The Balaban J connectivity index is 3.49. The van der Waals surface area contributed by atoms with Gasteiger partial charge in [0.15, 0.2) is 0 Å². The summed E-state index contributed by atoms with van der Waals surface area (Å²) < 4.78 is 10.4. The van der Waals surface area contributed by atoms with Crippen LogP contribution in [0.1, 0.15) is 187 Å². The monoisotopic (exact) mass is 607 g/mol. The molecule has 0 radical (unpaired) electrons. The van der Waals surface area contributed by atoms with E-state index in [1.807, 2.05) is 12.2 Å².